The fourth-order valence-electron chi connectivity index (χ4n) is 1.66. The standard InChI is InChI=1S/C13H12Cl2IN3/c1-6(2)11-10(16)12(17)19-13(18-11)7-4-3-5-8(14)9(7)15/h3-6H,1-2H3,(H2,17,18,19). The zero-order valence-electron chi connectivity index (χ0n) is 10.4. The molecule has 0 bridgehead atoms. The first-order valence-electron chi connectivity index (χ1n) is 5.69. The van der Waals surface area contributed by atoms with Gasteiger partial charge in [-0.3, -0.25) is 0 Å². The Labute approximate surface area is 135 Å². The van der Waals surface area contributed by atoms with E-state index in [9.17, 15) is 0 Å². The number of aromatic nitrogens is 2. The van der Waals surface area contributed by atoms with Crippen molar-refractivity contribution in [1.82, 2.24) is 9.97 Å². The lowest BCUT2D eigenvalue weighted by molar-refractivity contribution is 0.810. The van der Waals surface area contributed by atoms with Gasteiger partial charge in [-0.15, -0.1) is 0 Å². The Kier molecular flexibility index (Phi) is 4.53. The van der Waals surface area contributed by atoms with Gasteiger partial charge in [0.2, 0.25) is 0 Å². The van der Waals surface area contributed by atoms with Gasteiger partial charge in [-0.1, -0.05) is 43.1 Å². The number of anilines is 1. The molecule has 0 aliphatic heterocycles. The summed E-state index contributed by atoms with van der Waals surface area (Å²) in [6.45, 7) is 4.13. The van der Waals surface area contributed by atoms with Crippen LogP contribution < -0.4 is 5.73 Å². The highest BCUT2D eigenvalue weighted by atomic mass is 127. The van der Waals surface area contributed by atoms with Crippen molar-refractivity contribution in [2.24, 2.45) is 0 Å². The maximum atomic E-state index is 6.20. The molecule has 19 heavy (non-hydrogen) atoms. The molecule has 2 aromatic rings. The Morgan fingerprint density at radius 1 is 1.21 bits per heavy atom. The lowest BCUT2D eigenvalue weighted by atomic mass is 10.1. The average Bonchev–Trinajstić information content (AvgIpc) is 2.35. The number of nitrogen functional groups attached to an aromatic ring is 1. The van der Waals surface area contributed by atoms with E-state index in [1.807, 2.05) is 12.1 Å². The van der Waals surface area contributed by atoms with Gasteiger partial charge in [0.05, 0.1) is 19.3 Å². The average molecular weight is 408 g/mol. The Morgan fingerprint density at radius 2 is 1.89 bits per heavy atom. The van der Waals surface area contributed by atoms with Crippen molar-refractivity contribution >= 4 is 51.6 Å². The second-order valence-corrected chi connectivity index (χ2v) is 6.25. The molecule has 0 atom stereocenters. The molecular weight excluding hydrogens is 396 g/mol. The molecule has 0 aliphatic rings. The van der Waals surface area contributed by atoms with Gasteiger partial charge < -0.3 is 5.73 Å². The normalized spacial score (nSPS) is 11.1. The molecule has 0 saturated carbocycles. The van der Waals surface area contributed by atoms with Gasteiger partial charge in [0.1, 0.15) is 5.82 Å². The number of halogens is 3. The van der Waals surface area contributed by atoms with Crippen LogP contribution in [0.5, 0.6) is 0 Å². The van der Waals surface area contributed by atoms with Crippen LogP contribution in [0.15, 0.2) is 18.2 Å². The summed E-state index contributed by atoms with van der Waals surface area (Å²) >= 11 is 14.4. The van der Waals surface area contributed by atoms with Crippen molar-refractivity contribution in [1.29, 1.82) is 0 Å². The summed E-state index contributed by atoms with van der Waals surface area (Å²) in [7, 11) is 0. The Morgan fingerprint density at radius 3 is 2.53 bits per heavy atom. The van der Waals surface area contributed by atoms with E-state index in [1.165, 1.54) is 0 Å². The fourth-order valence-corrected chi connectivity index (χ4v) is 2.91. The van der Waals surface area contributed by atoms with Crippen molar-refractivity contribution in [2.45, 2.75) is 19.8 Å². The minimum atomic E-state index is 0.258. The Balaban J connectivity index is 2.67. The lowest BCUT2D eigenvalue weighted by Crippen LogP contribution is -2.06. The molecule has 1 heterocycles. The van der Waals surface area contributed by atoms with E-state index in [2.05, 4.69) is 46.4 Å². The molecule has 3 nitrogen and oxygen atoms in total. The summed E-state index contributed by atoms with van der Waals surface area (Å²) in [5.74, 6) is 1.23. The van der Waals surface area contributed by atoms with Gasteiger partial charge in [-0.25, -0.2) is 9.97 Å². The molecule has 1 aromatic heterocycles. The van der Waals surface area contributed by atoms with Crippen molar-refractivity contribution in [3.63, 3.8) is 0 Å². The molecule has 2 N–H and O–H groups in total. The van der Waals surface area contributed by atoms with Gasteiger partial charge in [0, 0.05) is 5.56 Å². The summed E-state index contributed by atoms with van der Waals surface area (Å²) in [5, 5.41) is 0.922. The van der Waals surface area contributed by atoms with Crippen LogP contribution in [0.2, 0.25) is 10.0 Å². The molecule has 0 spiro atoms. The molecule has 100 valence electrons. The summed E-state index contributed by atoms with van der Waals surface area (Å²) in [6.07, 6.45) is 0. The predicted molar refractivity (Wildman–Crippen MR) is 88.7 cm³/mol. The van der Waals surface area contributed by atoms with E-state index >= 15 is 0 Å². The maximum Gasteiger partial charge on any atom is 0.163 e. The third kappa shape index (κ3) is 2.95. The molecule has 0 radical (unpaired) electrons. The van der Waals surface area contributed by atoms with Crippen molar-refractivity contribution in [3.8, 4) is 11.4 Å². The number of nitrogens with zero attached hydrogens (tertiary/aromatic N) is 2. The zero-order valence-corrected chi connectivity index (χ0v) is 14.1. The SMILES string of the molecule is CC(C)c1nc(-c2cccc(Cl)c2Cl)nc(N)c1I. The first-order valence-corrected chi connectivity index (χ1v) is 7.52. The molecule has 0 saturated heterocycles. The first-order chi connectivity index (χ1) is 8.91. The van der Waals surface area contributed by atoms with Gasteiger partial charge in [-0.2, -0.15) is 0 Å². The maximum absolute atomic E-state index is 6.20. The lowest BCUT2D eigenvalue weighted by Gasteiger charge is -2.12. The monoisotopic (exact) mass is 407 g/mol. The zero-order chi connectivity index (χ0) is 14.2. The number of nitrogens with two attached hydrogens (primary N) is 1. The van der Waals surface area contributed by atoms with Crippen LogP contribution in [0.4, 0.5) is 5.82 Å². The Bertz CT molecular complexity index is 630. The summed E-state index contributed by atoms with van der Waals surface area (Å²) in [5.41, 5.74) is 7.56. The molecule has 2 rings (SSSR count). The second-order valence-electron chi connectivity index (χ2n) is 4.39. The van der Waals surface area contributed by atoms with Crippen LogP contribution in [0.3, 0.4) is 0 Å². The molecule has 0 amide bonds. The highest BCUT2D eigenvalue weighted by Gasteiger charge is 2.16. The van der Waals surface area contributed by atoms with E-state index in [-0.39, 0.29) is 5.92 Å². The van der Waals surface area contributed by atoms with Crippen molar-refractivity contribution in [2.75, 3.05) is 5.73 Å². The quantitative estimate of drug-likeness (QED) is 0.730. The van der Waals surface area contributed by atoms with E-state index < -0.39 is 0 Å². The molecule has 1 aromatic carbocycles. The van der Waals surface area contributed by atoms with E-state index in [0.29, 0.717) is 27.3 Å². The highest BCUT2D eigenvalue weighted by molar-refractivity contribution is 14.1. The van der Waals surface area contributed by atoms with Crippen LogP contribution in [-0.2, 0) is 0 Å². The third-order valence-corrected chi connectivity index (χ3v) is 4.57. The van der Waals surface area contributed by atoms with Crippen molar-refractivity contribution < 1.29 is 0 Å². The molecule has 0 fully saturated rings. The smallest absolute Gasteiger partial charge is 0.163 e. The number of hydrogen-bond donors (Lipinski definition) is 1. The van der Waals surface area contributed by atoms with Gasteiger partial charge >= 0.3 is 0 Å². The van der Waals surface area contributed by atoms with Crippen molar-refractivity contribution in [3.05, 3.63) is 37.5 Å². The largest absolute Gasteiger partial charge is 0.383 e. The summed E-state index contributed by atoms with van der Waals surface area (Å²) in [6, 6.07) is 5.38. The predicted octanol–water partition coefficient (Wildman–Crippen LogP) is 4.76. The molecule has 6 heteroatoms. The van der Waals surface area contributed by atoms with E-state index in [1.54, 1.807) is 6.07 Å². The van der Waals surface area contributed by atoms with E-state index in [0.717, 1.165) is 9.26 Å². The first kappa shape index (κ1) is 14.8. The topological polar surface area (TPSA) is 51.8 Å². The summed E-state index contributed by atoms with van der Waals surface area (Å²) < 4.78 is 0.884. The van der Waals surface area contributed by atoms with Crippen LogP contribution in [0.25, 0.3) is 11.4 Å². The molecule has 0 aliphatic carbocycles. The molecule has 0 unspecified atom stereocenters. The highest BCUT2D eigenvalue weighted by Crippen LogP contribution is 2.33. The third-order valence-electron chi connectivity index (χ3n) is 2.64. The number of benzene rings is 1. The minimum absolute atomic E-state index is 0.258. The summed E-state index contributed by atoms with van der Waals surface area (Å²) in [4.78, 5) is 8.87. The second kappa shape index (κ2) is 5.81. The van der Waals surface area contributed by atoms with Gasteiger partial charge in [0.15, 0.2) is 5.82 Å². The number of hydrogen-bond acceptors (Lipinski definition) is 3. The minimum Gasteiger partial charge on any atom is -0.383 e. The van der Waals surface area contributed by atoms with Gasteiger partial charge in [-0.05, 0) is 40.6 Å². The van der Waals surface area contributed by atoms with Crippen LogP contribution >= 0.6 is 45.8 Å². The Hall–Kier alpha value is -0.590. The van der Waals surface area contributed by atoms with E-state index in [4.69, 9.17) is 28.9 Å². The van der Waals surface area contributed by atoms with Gasteiger partial charge in [0.25, 0.3) is 0 Å². The van der Waals surface area contributed by atoms with Crippen LogP contribution in [0.1, 0.15) is 25.5 Å². The molecular formula is C13H12Cl2IN3. The number of rotatable bonds is 2. The van der Waals surface area contributed by atoms with Crippen LogP contribution in [0, 0.1) is 3.57 Å². The fraction of sp³-hybridized carbons (Fsp3) is 0.231. The van der Waals surface area contributed by atoms with Crippen LogP contribution in [-0.4, -0.2) is 9.97 Å².